The molecule has 0 heterocycles. The standard InChI is InChI=1S/C25H26N4O7S/c1-17-11-18(2)13-20(12-17)28(37(33,34)21-9-10-23(35-3)24(14-21)36-4)16-25(30)27-26-15-19-7-5-6-8-22(19)29(31)32/h5-15H,16H2,1-4H3,(H,27,30)/b26-15-. The Morgan fingerprint density at radius 1 is 1.03 bits per heavy atom. The first kappa shape index (κ1) is 27.1. The van der Waals surface area contributed by atoms with E-state index in [2.05, 4.69) is 10.5 Å². The van der Waals surface area contributed by atoms with Crippen LogP contribution in [0.5, 0.6) is 11.5 Å². The van der Waals surface area contributed by atoms with Crippen molar-refractivity contribution >= 4 is 33.5 Å². The SMILES string of the molecule is COc1ccc(S(=O)(=O)N(CC(=O)N/N=C\c2ccccc2[N+](=O)[O-])c2cc(C)cc(C)c2)cc1OC. The van der Waals surface area contributed by atoms with Gasteiger partial charge in [-0.15, -0.1) is 0 Å². The molecule has 0 saturated carbocycles. The molecule has 0 aliphatic carbocycles. The molecule has 1 amide bonds. The Hall–Kier alpha value is -4.45. The van der Waals surface area contributed by atoms with Crippen molar-refractivity contribution in [1.29, 1.82) is 0 Å². The van der Waals surface area contributed by atoms with Gasteiger partial charge in [-0.25, -0.2) is 13.8 Å². The van der Waals surface area contributed by atoms with E-state index in [-0.39, 0.29) is 27.6 Å². The largest absolute Gasteiger partial charge is 0.493 e. The van der Waals surface area contributed by atoms with Crippen molar-refractivity contribution in [1.82, 2.24) is 5.43 Å². The lowest BCUT2D eigenvalue weighted by Crippen LogP contribution is -2.39. The summed E-state index contributed by atoms with van der Waals surface area (Å²) >= 11 is 0. The molecule has 0 atom stereocenters. The number of rotatable bonds is 10. The molecular formula is C25H26N4O7S. The summed E-state index contributed by atoms with van der Waals surface area (Å²) in [4.78, 5) is 23.3. The zero-order valence-electron chi connectivity index (χ0n) is 20.7. The second-order valence-electron chi connectivity index (χ2n) is 7.98. The number of hydrogen-bond acceptors (Lipinski definition) is 8. The van der Waals surface area contributed by atoms with Gasteiger partial charge in [0.2, 0.25) is 0 Å². The van der Waals surface area contributed by atoms with Gasteiger partial charge in [0.1, 0.15) is 6.54 Å². The van der Waals surface area contributed by atoms with Gasteiger partial charge in [-0.2, -0.15) is 5.10 Å². The molecule has 0 radical (unpaired) electrons. The smallest absolute Gasteiger partial charge is 0.278 e. The maximum absolute atomic E-state index is 13.7. The summed E-state index contributed by atoms with van der Waals surface area (Å²) in [7, 11) is -1.42. The van der Waals surface area contributed by atoms with Crippen molar-refractivity contribution in [3.8, 4) is 11.5 Å². The second kappa shape index (κ2) is 11.5. The third-order valence-electron chi connectivity index (χ3n) is 5.25. The molecule has 37 heavy (non-hydrogen) atoms. The molecule has 194 valence electrons. The lowest BCUT2D eigenvalue weighted by Gasteiger charge is -2.25. The number of nitro groups is 1. The van der Waals surface area contributed by atoms with Crippen molar-refractivity contribution in [2.75, 3.05) is 25.1 Å². The fourth-order valence-electron chi connectivity index (χ4n) is 3.62. The highest BCUT2D eigenvalue weighted by atomic mass is 32.2. The number of benzene rings is 3. The van der Waals surface area contributed by atoms with E-state index in [1.54, 1.807) is 18.2 Å². The first-order valence-electron chi connectivity index (χ1n) is 10.9. The van der Waals surface area contributed by atoms with E-state index < -0.39 is 27.4 Å². The van der Waals surface area contributed by atoms with Gasteiger partial charge in [0, 0.05) is 12.1 Å². The Morgan fingerprint density at radius 2 is 1.68 bits per heavy atom. The third-order valence-corrected chi connectivity index (χ3v) is 7.02. The summed E-state index contributed by atoms with van der Waals surface area (Å²) in [6.45, 7) is 3.03. The van der Waals surface area contributed by atoms with Crippen molar-refractivity contribution < 1.29 is 27.6 Å². The predicted octanol–water partition coefficient (Wildman–Crippen LogP) is 3.57. The number of sulfonamides is 1. The number of aryl methyl sites for hydroxylation is 2. The molecule has 3 aromatic rings. The monoisotopic (exact) mass is 526 g/mol. The van der Waals surface area contributed by atoms with Gasteiger partial charge >= 0.3 is 0 Å². The zero-order valence-corrected chi connectivity index (χ0v) is 21.5. The van der Waals surface area contributed by atoms with E-state index in [1.807, 2.05) is 19.9 Å². The average molecular weight is 527 g/mol. The quantitative estimate of drug-likeness (QED) is 0.242. The van der Waals surface area contributed by atoms with Crippen LogP contribution >= 0.6 is 0 Å². The number of ether oxygens (including phenoxy) is 2. The summed E-state index contributed by atoms with van der Waals surface area (Å²) in [5, 5.41) is 15.0. The van der Waals surface area contributed by atoms with E-state index in [9.17, 15) is 23.3 Å². The van der Waals surface area contributed by atoms with Crippen LogP contribution in [0.25, 0.3) is 0 Å². The van der Waals surface area contributed by atoms with Gasteiger partial charge in [-0.1, -0.05) is 18.2 Å². The molecule has 0 aliphatic rings. The van der Waals surface area contributed by atoms with E-state index in [0.717, 1.165) is 21.6 Å². The normalized spacial score (nSPS) is 11.2. The number of nitrogens with zero attached hydrogens (tertiary/aromatic N) is 3. The highest BCUT2D eigenvalue weighted by Gasteiger charge is 2.28. The van der Waals surface area contributed by atoms with Crippen molar-refractivity contribution in [3.05, 3.63) is 87.5 Å². The molecule has 1 N–H and O–H groups in total. The molecule has 0 spiro atoms. The molecule has 11 nitrogen and oxygen atoms in total. The predicted molar refractivity (Wildman–Crippen MR) is 139 cm³/mol. The molecule has 3 rings (SSSR count). The van der Waals surface area contributed by atoms with Gasteiger partial charge in [-0.3, -0.25) is 19.2 Å². The molecule has 0 saturated heterocycles. The summed E-state index contributed by atoms with van der Waals surface area (Å²) in [5.41, 5.74) is 4.13. The highest BCUT2D eigenvalue weighted by molar-refractivity contribution is 7.92. The molecule has 0 bridgehead atoms. The Bertz CT molecular complexity index is 1430. The average Bonchev–Trinajstić information content (AvgIpc) is 2.86. The van der Waals surface area contributed by atoms with Crippen LogP contribution in [0.3, 0.4) is 0 Å². The van der Waals surface area contributed by atoms with Crippen LogP contribution in [0, 0.1) is 24.0 Å². The number of carbonyl (C=O) groups excluding carboxylic acids is 1. The van der Waals surface area contributed by atoms with E-state index >= 15 is 0 Å². The molecular weight excluding hydrogens is 500 g/mol. The van der Waals surface area contributed by atoms with Crippen molar-refractivity contribution in [2.45, 2.75) is 18.7 Å². The van der Waals surface area contributed by atoms with Crippen LogP contribution < -0.4 is 19.2 Å². The Kier molecular flexibility index (Phi) is 8.45. The minimum Gasteiger partial charge on any atom is -0.493 e. The van der Waals surface area contributed by atoms with E-state index in [1.165, 1.54) is 50.6 Å². The van der Waals surface area contributed by atoms with Crippen LogP contribution in [0.2, 0.25) is 0 Å². The summed E-state index contributed by atoms with van der Waals surface area (Å²) < 4.78 is 38.8. The summed E-state index contributed by atoms with van der Waals surface area (Å²) in [6.07, 6.45) is 1.13. The van der Waals surface area contributed by atoms with Crippen LogP contribution in [-0.4, -0.2) is 46.2 Å². The first-order chi connectivity index (χ1) is 17.6. The van der Waals surface area contributed by atoms with Crippen LogP contribution in [0.4, 0.5) is 11.4 Å². The van der Waals surface area contributed by atoms with Gasteiger partial charge in [0.05, 0.1) is 41.5 Å². The fraction of sp³-hybridized carbons (Fsp3) is 0.200. The number of anilines is 1. The first-order valence-corrected chi connectivity index (χ1v) is 12.4. The molecule has 12 heteroatoms. The maximum Gasteiger partial charge on any atom is 0.278 e. The van der Waals surface area contributed by atoms with Crippen LogP contribution in [0.1, 0.15) is 16.7 Å². The van der Waals surface area contributed by atoms with E-state index in [0.29, 0.717) is 5.75 Å². The number of amides is 1. The minimum atomic E-state index is -4.24. The van der Waals surface area contributed by atoms with Gasteiger partial charge < -0.3 is 9.47 Å². The van der Waals surface area contributed by atoms with Gasteiger partial charge in [0.15, 0.2) is 11.5 Å². The van der Waals surface area contributed by atoms with E-state index in [4.69, 9.17) is 9.47 Å². The number of carbonyl (C=O) groups is 1. The Balaban J connectivity index is 1.95. The Morgan fingerprint density at radius 3 is 2.30 bits per heavy atom. The third kappa shape index (κ3) is 6.41. The molecule has 0 aromatic heterocycles. The molecule has 0 unspecified atom stereocenters. The maximum atomic E-state index is 13.7. The lowest BCUT2D eigenvalue weighted by molar-refractivity contribution is -0.385. The highest BCUT2D eigenvalue weighted by Crippen LogP contribution is 2.32. The van der Waals surface area contributed by atoms with Crippen molar-refractivity contribution in [2.24, 2.45) is 5.10 Å². The number of hydrazone groups is 1. The minimum absolute atomic E-state index is 0.111. The van der Waals surface area contributed by atoms with Gasteiger partial charge in [-0.05, 0) is 55.3 Å². The molecule has 0 fully saturated rings. The number of nitrogens with one attached hydrogen (secondary N) is 1. The van der Waals surface area contributed by atoms with Crippen LogP contribution in [0.15, 0.2) is 70.7 Å². The zero-order chi connectivity index (χ0) is 27.2. The lowest BCUT2D eigenvalue weighted by atomic mass is 10.1. The number of methoxy groups -OCH3 is 2. The molecule has 0 aliphatic heterocycles. The summed E-state index contributed by atoms with van der Waals surface area (Å²) in [6, 6.07) is 15.2. The Labute approximate surface area is 214 Å². The van der Waals surface area contributed by atoms with Gasteiger partial charge in [0.25, 0.3) is 21.6 Å². The van der Waals surface area contributed by atoms with Crippen LogP contribution in [-0.2, 0) is 14.8 Å². The number of hydrogen-bond donors (Lipinski definition) is 1. The topological polar surface area (TPSA) is 140 Å². The fourth-order valence-corrected chi connectivity index (χ4v) is 5.04. The van der Waals surface area contributed by atoms with Crippen molar-refractivity contribution in [3.63, 3.8) is 0 Å². The second-order valence-corrected chi connectivity index (χ2v) is 9.85. The number of nitro benzene ring substituents is 1. The molecule has 3 aromatic carbocycles. The summed E-state index contributed by atoms with van der Waals surface area (Å²) in [5.74, 6) is -0.193. The number of para-hydroxylation sites is 1.